The molecular weight excluding hydrogens is 231 g/mol. The Bertz CT molecular complexity index is 56.2. The van der Waals surface area contributed by atoms with Crippen LogP contribution in [-0.4, -0.2) is 76.1 Å². The summed E-state index contributed by atoms with van der Waals surface area (Å²) in [5.74, 6) is 0. The van der Waals surface area contributed by atoms with Crippen LogP contribution in [0, 0.1) is 0 Å². The summed E-state index contributed by atoms with van der Waals surface area (Å²) in [6.07, 6.45) is 0. The van der Waals surface area contributed by atoms with Crippen molar-refractivity contribution in [3.05, 3.63) is 0 Å². The SMILES string of the molecule is O.O.O.O.O.O.O.O=P(O)(O)O.[MgH2]. The van der Waals surface area contributed by atoms with Crippen molar-refractivity contribution in [2.24, 2.45) is 0 Å². The maximum Gasteiger partial charge on any atom is 0.466 e. The maximum absolute atomic E-state index is 8.88. The van der Waals surface area contributed by atoms with E-state index in [4.69, 9.17) is 19.2 Å². The van der Waals surface area contributed by atoms with Gasteiger partial charge in [0, 0.05) is 0 Å². The molecule has 0 saturated heterocycles. The average molecular weight is 250 g/mol. The third-order valence-corrected chi connectivity index (χ3v) is 0. The van der Waals surface area contributed by atoms with Gasteiger partial charge in [0.15, 0.2) is 0 Å². The Hall–Kier alpha value is 0.596. The Morgan fingerprint density at radius 2 is 0.615 bits per heavy atom. The number of hydrogen-bond acceptors (Lipinski definition) is 1. The summed E-state index contributed by atoms with van der Waals surface area (Å²) >= 11 is 0. The van der Waals surface area contributed by atoms with Gasteiger partial charge in [-0.25, -0.2) is 4.57 Å². The van der Waals surface area contributed by atoms with Gasteiger partial charge >= 0.3 is 30.9 Å². The highest BCUT2D eigenvalue weighted by atomic mass is 31.2. The van der Waals surface area contributed by atoms with Gasteiger partial charge in [-0.05, 0) is 0 Å². The van der Waals surface area contributed by atoms with E-state index >= 15 is 0 Å². The Balaban J connectivity index is -0.00000000286. The van der Waals surface area contributed by atoms with E-state index in [2.05, 4.69) is 0 Å². The van der Waals surface area contributed by atoms with Crippen LogP contribution in [0.5, 0.6) is 0 Å². The zero-order chi connectivity index (χ0) is 4.50. The van der Waals surface area contributed by atoms with E-state index in [1.807, 2.05) is 0 Å². The molecule has 0 bridgehead atoms. The molecular formula is H19MgO11P. The van der Waals surface area contributed by atoms with E-state index in [9.17, 15) is 0 Å². The lowest BCUT2D eigenvalue weighted by atomic mass is 15.8. The van der Waals surface area contributed by atoms with Crippen molar-refractivity contribution in [1.82, 2.24) is 0 Å². The molecule has 13 heteroatoms. The molecule has 0 amide bonds. The van der Waals surface area contributed by atoms with Crippen LogP contribution >= 0.6 is 7.82 Å². The first-order valence-corrected chi connectivity index (χ1v) is 2.35. The van der Waals surface area contributed by atoms with E-state index in [-0.39, 0.29) is 61.4 Å². The predicted octanol–water partition coefficient (Wildman–Crippen LogP) is -7.62. The second kappa shape index (κ2) is 38.9. The number of phosphoric acid groups is 1. The average Bonchev–Trinajstić information content (AvgIpc) is 0.722. The first kappa shape index (κ1) is 102. The van der Waals surface area contributed by atoms with Crippen molar-refractivity contribution < 1.29 is 57.6 Å². The summed E-state index contributed by atoms with van der Waals surface area (Å²) in [7, 11) is -4.64. The van der Waals surface area contributed by atoms with Crippen LogP contribution in [0.4, 0.5) is 0 Å². The van der Waals surface area contributed by atoms with Gasteiger partial charge in [-0.1, -0.05) is 0 Å². The maximum atomic E-state index is 8.88. The van der Waals surface area contributed by atoms with Gasteiger partial charge in [0.1, 0.15) is 0 Å². The molecule has 0 spiro atoms. The van der Waals surface area contributed by atoms with Crippen LogP contribution in [0.15, 0.2) is 0 Å². The Morgan fingerprint density at radius 3 is 0.615 bits per heavy atom. The zero-order valence-electron chi connectivity index (χ0n) is 5.70. The smallest absolute Gasteiger partial charge is 0.412 e. The van der Waals surface area contributed by atoms with Crippen LogP contribution in [0.1, 0.15) is 0 Å². The van der Waals surface area contributed by atoms with Crippen LogP contribution < -0.4 is 0 Å². The highest BCUT2D eigenvalue weighted by Gasteiger charge is 2.00. The second-order valence-corrected chi connectivity index (χ2v) is 1.54. The van der Waals surface area contributed by atoms with Crippen LogP contribution in [0.3, 0.4) is 0 Å². The molecule has 11 nitrogen and oxygen atoms in total. The molecule has 0 aliphatic heterocycles. The molecule has 0 atom stereocenters. The predicted molar refractivity (Wildman–Crippen MR) is 48.1 cm³/mol. The molecule has 0 aromatic rings. The van der Waals surface area contributed by atoms with Gasteiger partial charge < -0.3 is 53.0 Å². The van der Waals surface area contributed by atoms with E-state index in [1.165, 1.54) is 0 Å². The van der Waals surface area contributed by atoms with Gasteiger partial charge in [-0.3, -0.25) is 0 Å². The van der Waals surface area contributed by atoms with Crippen molar-refractivity contribution in [1.29, 1.82) is 0 Å². The number of hydrogen-bond donors (Lipinski definition) is 3. The van der Waals surface area contributed by atoms with Crippen molar-refractivity contribution in [2.45, 2.75) is 0 Å². The fraction of sp³-hybridized carbons (Fsp3) is 0. The minimum Gasteiger partial charge on any atom is -0.412 e. The summed E-state index contributed by atoms with van der Waals surface area (Å²) in [5, 5.41) is 0. The molecule has 0 aromatic heterocycles. The molecule has 0 unspecified atom stereocenters. The van der Waals surface area contributed by atoms with E-state index in [1.54, 1.807) is 0 Å². The van der Waals surface area contributed by atoms with Gasteiger partial charge in [0.25, 0.3) is 0 Å². The van der Waals surface area contributed by atoms with E-state index < -0.39 is 7.82 Å². The van der Waals surface area contributed by atoms with E-state index in [0.717, 1.165) is 0 Å². The molecule has 0 radical (unpaired) electrons. The van der Waals surface area contributed by atoms with Gasteiger partial charge in [0.05, 0.1) is 0 Å². The Kier molecular flexibility index (Phi) is 306. The molecule has 0 saturated carbocycles. The minimum absolute atomic E-state index is 0. The Morgan fingerprint density at radius 1 is 0.615 bits per heavy atom. The van der Waals surface area contributed by atoms with Gasteiger partial charge in [0.2, 0.25) is 0 Å². The first-order valence-electron chi connectivity index (χ1n) is 0.783. The molecule has 0 aromatic carbocycles. The lowest BCUT2D eigenvalue weighted by molar-refractivity contribution is 0.275. The van der Waals surface area contributed by atoms with Crippen molar-refractivity contribution in [3.8, 4) is 0 Å². The quantitative estimate of drug-likeness (QED) is 0.278. The molecule has 13 heavy (non-hydrogen) atoms. The summed E-state index contributed by atoms with van der Waals surface area (Å²) in [6, 6.07) is 0. The third-order valence-electron chi connectivity index (χ3n) is 0. The third kappa shape index (κ3) is 3980. The first-order chi connectivity index (χ1) is 2.00. The largest absolute Gasteiger partial charge is 0.466 e. The van der Waals surface area contributed by atoms with Gasteiger partial charge in [-0.2, -0.15) is 0 Å². The van der Waals surface area contributed by atoms with Crippen molar-refractivity contribution >= 4 is 30.9 Å². The highest BCUT2D eigenvalue weighted by Crippen LogP contribution is 2.25. The molecule has 0 aliphatic carbocycles. The van der Waals surface area contributed by atoms with Gasteiger partial charge in [-0.15, -0.1) is 0 Å². The summed E-state index contributed by atoms with van der Waals surface area (Å²) in [6.45, 7) is 0. The van der Waals surface area contributed by atoms with Crippen LogP contribution in [0.25, 0.3) is 0 Å². The lowest BCUT2D eigenvalue weighted by Crippen LogP contribution is -1.66. The summed E-state index contributed by atoms with van der Waals surface area (Å²) < 4.78 is 8.88. The summed E-state index contributed by atoms with van der Waals surface area (Å²) in [4.78, 5) is 21.6. The standard InChI is InChI=1S/Mg.H3O4P.7H2O.2H/c;1-5(2,3)4;;;;;;;;;/h;(H3,1,2,3,4);7*1H2;;. The lowest BCUT2D eigenvalue weighted by Gasteiger charge is -1.82. The van der Waals surface area contributed by atoms with Crippen molar-refractivity contribution in [3.63, 3.8) is 0 Å². The molecule has 0 heterocycles. The monoisotopic (exact) mass is 250 g/mol. The minimum atomic E-state index is -4.64. The molecule has 92 valence electrons. The molecule has 0 aliphatic rings. The zero-order valence-corrected chi connectivity index (χ0v) is 6.59. The topological polar surface area (TPSA) is 298 Å². The van der Waals surface area contributed by atoms with Crippen LogP contribution in [0.2, 0.25) is 0 Å². The fourth-order valence-electron chi connectivity index (χ4n) is 0. The van der Waals surface area contributed by atoms with E-state index in [0.29, 0.717) is 0 Å². The molecule has 0 fully saturated rings. The molecule has 17 N–H and O–H groups in total. The highest BCUT2D eigenvalue weighted by molar-refractivity contribution is 7.45. The summed E-state index contributed by atoms with van der Waals surface area (Å²) in [5.41, 5.74) is 0. The Labute approximate surface area is 88.9 Å². The second-order valence-electron chi connectivity index (χ2n) is 0.513. The van der Waals surface area contributed by atoms with Crippen LogP contribution in [-0.2, 0) is 4.57 Å². The van der Waals surface area contributed by atoms with Crippen molar-refractivity contribution in [2.75, 3.05) is 0 Å². The normalized spacial score (nSPS) is 4.54. The number of rotatable bonds is 0. The molecule has 0 rings (SSSR count). The fourth-order valence-corrected chi connectivity index (χ4v) is 0.